The van der Waals surface area contributed by atoms with Crippen molar-refractivity contribution in [2.24, 2.45) is 0 Å². The molecule has 0 radical (unpaired) electrons. The van der Waals surface area contributed by atoms with Crippen molar-refractivity contribution in [3.8, 4) is 17.2 Å². The summed E-state index contributed by atoms with van der Waals surface area (Å²) in [6.07, 6.45) is 1.01. The quantitative estimate of drug-likeness (QED) is 0.538. The molecule has 28 heavy (non-hydrogen) atoms. The molecule has 0 aliphatic heterocycles. The Morgan fingerprint density at radius 3 is 2.04 bits per heavy atom. The van der Waals surface area contributed by atoms with Crippen LogP contribution < -0.4 is 14.8 Å². The number of anilines is 1. The zero-order valence-electron chi connectivity index (χ0n) is 16.2. The highest BCUT2D eigenvalue weighted by Crippen LogP contribution is 2.23. The summed E-state index contributed by atoms with van der Waals surface area (Å²) in [7, 11) is 0. The van der Waals surface area contributed by atoms with E-state index >= 15 is 0 Å². The van der Waals surface area contributed by atoms with Crippen LogP contribution >= 0.6 is 0 Å². The van der Waals surface area contributed by atoms with E-state index in [1.807, 2.05) is 85.8 Å². The number of ether oxygens (including phenoxy) is 2. The van der Waals surface area contributed by atoms with Crippen LogP contribution in [0.4, 0.5) is 5.69 Å². The average Bonchev–Trinajstić information content (AvgIpc) is 2.74. The van der Waals surface area contributed by atoms with Crippen LogP contribution in [0.15, 0.2) is 78.9 Å². The zero-order chi connectivity index (χ0) is 19.8. The molecule has 3 aromatic rings. The average molecular weight is 375 g/mol. The van der Waals surface area contributed by atoms with Crippen LogP contribution in [0.5, 0.6) is 17.2 Å². The molecule has 0 bridgehead atoms. The van der Waals surface area contributed by atoms with Crippen LogP contribution in [-0.4, -0.2) is 12.0 Å². The standard InChI is InChI=1S/C24H25NO3/c1-3-18-10-14-22(15-11-18)28-23(4-2)24(26)25-19-12-16-21(17-13-19)27-20-8-6-5-7-9-20/h5-17,23H,3-4H2,1-2H3,(H,25,26)/t23-/m1/s1. The van der Waals surface area contributed by atoms with Crippen molar-refractivity contribution in [1.29, 1.82) is 0 Å². The lowest BCUT2D eigenvalue weighted by Crippen LogP contribution is -2.32. The zero-order valence-corrected chi connectivity index (χ0v) is 16.2. The second-order valence-electron chi connectivity index (χ2n) is 6.44. The molecule has 144 valence electrons. The molecule has 0 saturated heterocycles. The fourth-order valence-electron chi connectivity index (χ4n) is 2.74. The minimum atomic E-state index is -0.548. The van der Waals surface area contributed by atoms with Gasteiger partial charge in [-0.05, 0) is 66.9 Å². The van der Waals surface area contributed by atoms with Gasteiger partial charge in [-0.1, -0.05) is 44.2 Å². The summed E-state index contributed by atoms with van der Waals surface area (Å²) in [6, 6.07) is 24.7. The fraction of sp³-hybridized carbons (Fsp3) is 0.208. The Morgan fingerprint density at radius 1 is 0.821 bits per heavy atom. The number of para-hydroxylation sites is 1. The van der Waals surface area contributed by atoms with Crippen LogP contribution in [0.2, 0.25) is 0 Å². The number of carbonyl (C=O) groups is 1. The smallest absolute Gasteiger partial charge is 0.265 e. The van der Waals surface area contributed by atoms with E-state index in [4.69, 9.17) is 9.47 Å². The van der Waals surface area contributed by atoms with Gasteiger partial charge in [-0.2, -0.15) is 0 Å². The largest absolute Gasteiger partial charge is 0.481 e. The van der Waals surface area contributed by atoms with Gasteiger partial charge in [0.15, 0.2) is 6.10 Å². The molecule has 0 fully saturated rings. The molecule has 4 nitrogen and oxygen atoms in total. The Balaban J connectivity index is 1.58. The molecule has 3 aromatic carbocycles. The molecule has 0 aliphatic rings. The molecule has 1 amide bonds. The van der Waals surface area contributed by atoms with E-state index in [1.54, 1.807) is 0 Å². The number of aryl methyl sites for hydroxylation is 1. The van der Waals surface area contributed by atoms with E-state index < -0.39 is 6.10 Å². The highest BCUT2D eigenvalue weighted by atomic mass is 16.5. The molecule has 0 aromatic heterocycles. The van der Waals surface area contributed by atoms with Gasteiger partial charge in [0.2, 0.25) is 0 Å². The van der Waals surface area contributed by atoms with Crippen molar-refractivity contribution in [3.05, 3.63) is 84.4 Å². The molecule has 0 spiro atoms. The molecule has 3 rings (SSSR count). The van der Waals surface area contributed by atoms with Gasteiger partial charge in [-0.15, -0.1) is 0 Å². The number of benzene rings is 3. The summed E-state index contributed by atoms with van der Waals surface area (Å²) in [6.45, 7) is 4.04. The normalized spacial score (nSPS) is 11.5. The molecular weight excluding hydrogens is 350 g/mol. The van der Waals surface area contributed by atoms with Gasteiger partial charge in [0, 0.05) is 5.69 Å². The maximum Gasteiger partial charge on any atom is 0.265 e. The van der Waals surface area contributed by atoms with E-state index in [0.29, 0.717) is 23.6 Å². The lowest BCUT2D eigenvalue weighted by Gasteiger charge is -2.17. The van der Waals surface area contributed by atoms with Gasteiger partial charge in [-0.25, -0.2) is 0 Å². The topological polar surface area (TPSA) is 47.6 Å². The van der Waals surface area contributed by atoms with E-state index in [9.17, 15) is 4.79 Å². The SMILES string of the molecule is CCc1ccc(O[C@H](CC)C(=O)Nc2ccc(Oc3ccccc3)cc2)cc1. The Hall–Kier alpha value is -3.27. The Labute approximate surface area is 166 Å². The minimum Gasteiger partial charge on any atom is -0.481 e. The van der Waals surface area contributed by atoms with Gasteiger partial charge in [0.05, 0.1) is 0 Å². The fourth-order valence-corrected chi connectivity index (χ4v) is 2.74. The number of nitrogens with one attached hydrogen (secondary N) is 1. The first kappa shape index (κ1) is 19.5. The third-order valence-corrected chi connectivity index (χ3v) is 4.37. The van der Waals surface area contributed by atoms with E-state index in [-0.39, 0.29) is 5.91 Å². The number of hydrogen-bond donors (Lipinski definition) is 1. The first-order valence-corrected chi connectivity index (χ1v) is 9.57. The summed E-state index contributed by atoms with van der Waals surface area (Å²) >= 11 is 0. The minimum absolute atomic E-state index is 0.168. The second-order valence-corrected chi connectivity index (χ2v) is 6.44. The number of hydrogen-bond acceptors (Lipinski definition) is 3. The van der Waals surface area contributed by atoms with Crippen LogP contribution in [0.3, 0.4) is 0 Å². The Kier molecular flexibility index (Phi) is 6.68. The molecule has 1 N–H and O–H groups in total. The van der Waals surface area contributed by atoms with Crippen molar-refractivity contribution >= 4 is 11.6 Å². The van der Waals surface area contributed by atoms with Gasteiger partial charge >= 0.3 is 0 Å². The summed E-state index contributed by atoms with van der Waals surface area (Å²) in [4.78, 5) is 12.6. The maximum atomic E-state index is 12.6. The van der Waals surface area contributed by atoms with Gasteiger partial charge in [0.25, 0.3) is 5.91 Å². The summed E-state index contributed by atoms with van der Waals surface area (Å²) in [5.41, 5.74) is 1.94. The Morgan fingerprint density at radius 2 is 1.43 bits per heavy atom. The first-order chi connectivity index (χ1) is 13.7. The predicted molar refractivity (Wildman–Crippen MR) is 112 cm³/mol. The molecule has 1 atom stereocenters. The van der Waals surface area contributed by atoms with Gasteiger partial charge in [-0.3, -0.25) is 4.79 Å². The molecule has 0 saturated carbocycles. The second kappa shape index (κ2) is 9.60. The summed E-state index contributed by atoms with van der Waals surface area (Å²) in [5.74, 6) is 2.01. The third kappa shape index (κ3) is 5.36. The highest BCUT2D eigenvalue weighted by molar-refractivity contribution is 5.94. The molecule has 0 aliphatic carbocycles. The molecule has 4 heteroatoms. The lowest BCUT2D eigenvalue weighted by molar-refractivity contribution is -0.122. The van der Waals surface area contributed by atoms with Crippen LogP contribution in [0.1, 0.15) is 25.8 Å². The monoisotopic (exact) mass is 375 g/mol. The predicted octanol–water partition coefficient (Wildman–Crippen LogP) is 5.84. The molecule has 0 heterocycles. The van der Waals surface area contributed by atoms with Crippen LogP contribution in [0, 0.1) is 0 Å². The summed E-state index contributed by atoms with van der Waals surface area (Å²) < 4.78 is 11.6. The maximum absolute atomic E-state index is 12.6. The van der Waals surface area contributed by atoms with Crippen molar-refractivity contribution in [3.63, 3.8) is 0 Å². The Bertz CT molecular complexity index is 874. The van der Waals surface area contributed by atoms with E-state index in [2.05, 4.69) is 12.2 Å². The van der Waals surface area contributed by atoms with E-state index in [1.165, 1.54) is 5.56 Å². The highest BCUT2D eigenvalue weighted by Gasteiger charge is 2.18. The summed E-state index contributed by atoms with van der Waals surface area (Å²) in [5, 5.41) is 2.91. The molecule has 0 unspecified atom stereocenters. The van der Waals surface area contributed by atoms with Gasteiger partial charge < -0.3 is 14.8 Å². The number of rotatable bonds is 8. The van der Waals surface area contributed by atoms with Crippen molar-refractivity contribution in [2.75, 3.05) is 5.32 Å². The first-order valence-electron chi connectivity index (χ1n) is 9.57. The van der Waals surface area contributed by atoms with Crippen molar-refractivity contribution in [1.82, 2.24) is 0 Å². The number of amides is 1. The van der Waals surface area contributed by atoms with Crippen LogP contribution in [0.25, 0.3) is 0 Å². The van der Waals surface area contributed by atoms with Crippen molar-refractivity contribution < 1.29 is 14.3 Å². The molecular formula is C24H25NO3. The third-order valence-electron chi connectivity index (χ3n) is 4.37. The number of carbonyl (C=O) groups excluding carboxylic acids is 1. The van der Waals surface area contributed by atoms with Crippen LogP contribution in [-0.2, 0) is 11.2 Å². The van der Waals surface area contributed by atoms with Crippen molar-refractivity contribution in [2.45, 2.75) is 32.8 Å². The van der Waals surface area contributed by atoms with Gasteiger partial charge in [0.1, 0.15) is 17.2 Å². The lowest BCUT2D eigenvalue weighted by atomic mass is 10.1. The van der Waals surface area contributed by atoms with E-state index in [0.717, 1.165) is 12.2 Å².